The van der Waals surface area contributed by atoms with E-state index in [-0.39, 0.29) is 0 Å². The van der Waals surface area contributed by atoms with Crippen LogP contribution in [0.2, 0.25) is 0 Å². The van der Waals surface area contributed by atoms with E-state index in [1.807, 2.05) is 30.6 Å². The first kappa shape index (κ1) is 14.9. The lowest BCUT2D eigenvalue weighted by molar-refractivity contribution is 0.804. The van der Waals surface area contributed by atoms with Crippen LogP contribution in [0.5, 0.6) is 0 Å². The Morgan fingerprint density at radius 1 is 1.14 bits per heavy atom. The Hall–Kier alpha value is -2.45. The lowest BCUT2D eigenvalue weighted by Gasteiger charge is -2.13. The molecule has 0 aliphatic carbocycles. The van der Waals surface area contributed by atoms with Gasteiger partial charge in [-0.1, -0.05) is 6.92 Å². The molecule has 2 N–H and O–H groups in total. The summed E-state index contributed by atoms with van der Waals surface area (Å²) in [5.74, 6) is 2.49. The number of aryl methyl sites for hydroxylation is 1. The molecule has 0 spiro atoms. The van der Waals surface area contributed by atoms with Crippen LogP contribution in [0, 0.1) is 0 Å². The second kappa shape index (κ2) is 6.82. The maximum atomic E-state index is 4.37. The molecule has 2 rings (SSSR count). The zero-order chi connectivity index (χ0) is 15.2. The summed E-state index contributed by atoms with van der Waals surface area (Å²) < 4.78 is 1.84. The van der Waals surface area contributed by atoms with Gasteiger partial charge in [-0.05, 0) is 6.42 Å². The van der Waals surface area contributed by atoms with Crippen LogP contribution >= 0.6 is 0 Å². The SMILES string of the molecule is CCCNc1nc(NCc2nncn2C)nc(N(C)C)n1. The van der Waals surface area contributed by atoms with Crippen molar-refractivity contribution < 1.29 is 0 Å². The van der Waals surface area contributed by atoms with Crippen molar-refractivity contribution in [2.24, 2.45) is 7.05 Å². The Bertz CT molecular complexity index is 578. The van der Waals surface area contributed by atoms with Gasteiger partial charge in [0, 0.05) is 27.7 Å². The molecule has 0 bridgehead atoms. The summed E-state index contributed by atoms with van der Waals surface area (Å²) in [7, 11) is 5.68. The van der Waals surface area contributed by atoms with Crippen LogP contribution in [0.1, 0.15) is 19.2 Å². The minimum atomic E-state index is 0.501. The molecular weight excluding hydrogens is 270 g/mol. The van der Waals surface area contributed by atoms with Crippen molar-refractivity contribution in [3.63, 3.8) is 0 Å². The number of aromatic nitrogens is 6. The molecule has 0 saturated heterocycles. The van der Waals surface area contributed by atoms with Crippen LogP contribution in [0.15, 0.2) is 6.33 Å². The highest BCUT2D eigenvalue weighted by Crippen LogP contribution is 2.12. The van der Waals surface area contributed by atoms with Crippen molar-refractivity contribution in [3.8, 4) is 0 Å². The Morgan fingerprint density at radius 3 is 2.43 bits per heavy atom. The summed E-state index contributed by atoms with van der Waals surface area (Å²) in [5.41, 5.74) is 0. The summed E-state index contributed by atoms with van der Waals surface area (Å²) in [6.45, 7) is 3.41. The van der Waals surface area contributed by atoms with Crippen molar-refractivity contribution >= 4 is 17.8 Å². The van der Waals surface area contributed by atoms with Gasteiger partial charge in [-0.25, -0.2) is 0 Å². The topological polar surface area (TPSA) is 96.7 Å². The molecule has 21 heavy (non-hydrogen) atoms. The van der Waals surface area contributed by atoms with E-state index in [9.17, 15) is 0 Å². The van der Waals surface area contributed by atoms with Crippen LogP contribution in [0.4, 0.5) is 17.8 Å². The average Bonchev–Trinajstić information content (AvgIpc) is 2.88. The summed E-state index contributed by atoms with van der Waals surface area (Å²) in [6, 6.07) is 0. The molecule has 0 radical (unpaired) electrons. The molecule has 2 aromatic heterocycles. The minimum absolute atomic E-state index is 0.501. The fraction of sp³-hybridized carbons (Fsp3) is 0.583. The predicted molar refractivity (Wildman–Crippen MR) is 81.3 cm³/mol. The molecule has 0 amide bonds. The monoisotopic (exact) mass is 291 g/mol. The lowest BCUT2D eigenvalue weighted by Crippen LogP contribution is -2.17. The zero-order valence-corrected chi connectivity index (χ0v) is 12.8. The zero-order valence-electron chi connectivity index (χ0n) is 12.8. The van der Waals surface area contributed by atoms with Gasteiger partial charge in [0.2, 0.25) is 17.8 Å². The van der Waals surface area contributed by atoms with Crippen molar-refractivity contribution in [1.29, 1.82) is 0 Å². The second-order valence-corrected chi connectivity index (χ2v) is 4.82. The second-order valence-electron chi connectivity index (χ2n) is 4.82. The van der Waals surface area contributed by atoms with Crippen LogP contribution in [0.25, 0.3) is 0 Å². The Kier molecular flexibility index (Phi) is 4.85. The third-order valence-corrected chi connectivity index (χ3v) is 2.77. The molecule has 0 unspecified atom stereocenters. The molecule has 0 aromatic carbocycles. The molecule has 0 atom stereocenters. The highest BCUT2D eigenvalue weighted by molar-refractivity contribution is 5.42. The van der Waals surface area contributed by atoms with Gasteiger partial charge in [0.25, 0.3) is 0 Å². The van der Waals surface area contributed by atoms with Gasteiger partial charge in [0.05, 0.1) is 6.54 Å². The fourth-order valence-corrected chi connectivity index (χ4v) is 1.58. The third-order valence-electron chi connectivity index (χ3n) is 2.77. The van der Waals surface area contributed by atoms with Crippen LogP contribution in [-0.2, 0) is 13.6 Å². The van der Waals surface area contributed by atoms with E-state index in [1.54, 1.807) is 6.33 Å². The van der Waals surface area contributed by atoms with Crippen LogP contribution in [-0.4, -0.2) is 50.4 Å². The van der Waals surface area contributed by atoms with E-state index in [4.69, 9.17) is 0 Å². The molecule has 0 aliphatic rings. The molecule has 2 aromatic rings. The van der Waals surface area contributed by atoms with E-state index in [2.05, 4.69) is 42.7 Å². The molecule has 2 heterocycles. The van der Waals surface area contributed by atoms with Crippen molar-refractivity contribution in [2.75, 3.05) is 36.2 Å². The molecule has 9 heteroatoms. The van der Waals surface area contributed by atoms with Gasteiger partial charge in [-0.15, -0.1) is 10.2 Å². The number of anilines is 3. The maximum Gasteiger partial charge on any atom is 0.231 e. The third kappa shape index (κ3) is 4.01. The fourth-order valence-electron chi connectivity index (χ4n) is 1.58. The number of nitrogens with zero attached hydrogens (tertiary/aromatic N) is 7. The molecule has 0 saturated carbocycles. The average molecular weight is 291 g/mol. The van der Waals surface area contributed by atoms with Crippen LogP contribution < -0.4 is 15.5 Å². The van der Waals surface area contributed by atoms with Gasteiger partial charge in [0.1, 0.15) is 6.33 Å². The predicted octanol–water partition coefficient (Wildman–Crippen LogP) is 0.500. The van der Waals surface area contributed by atoms with Gasteiger partial charge >= 0.3 is 0 Å². The van der Waals surface area contributed by atoms with E-state index in [1.165, 1.54) is 0 Å². The number of hydrogen-bond donors (Lipinski definition) is 2. The normalized spacial score (nSPS) is 10.5. The first-order valence-electron chi connectivity index (χ1n) is 6.84. The number of nitrogens with one attached hydrogen (secondary N) is 2. The van der Waals surface area contributed by atoms with E-state index >= 15 is 0 Å². The standard InChI is InChI=1S/C12H21N9/c1-5-6-13-10-16-11(18-12(17-10)20(2)3)14-7-9-19-15-8-21(9)4/h8H,5-7H2,1-4H3,(H2,13,14,16,17,18). The molecule has 0 aliphatic heterocycles. The van der Waals surface area contributed by atoms with Crippen molar-refractivity contribution in [3.05, 3.63) is 12.2 Å². The van der Waals surface area contributed by atoms with E-state index < -0.39 is 0 Å². The summed E-state index contributed by atoms with van der Waals surface area (Å²) in [4.78, 5) is 14.9. The smallest absolute Gasteiger partial charge is 0.231 e. The Labute approximate surface area is 123 Å². The van der Waals surface area contributed by atoms with Crippen molar-refractivity contribution in [1.82, 2.24) is 29.7 Å². The lowest BCUT2D eigenvalue weighted by atomic mass is 10.5. The Morgan fingerprint density at radius 2 is 1.86 bits per heavy atom. The summed E-state index contributed by atoms with van der Waals surface area (Å²) in [5, 5.41) is 14.2. The number of rotatable bonds is 7. The minimum Gasteiger partial charge on any atom is -0.354 e. The number of hydrogen-bond acceptors (Lipinski definition) is 8. The summed E-state index contributed by atoms with van der Waals surface area (Å²) in [6.07, 6.45) is 2.66. The molecule has 9 nitrogen and oxygen atoms in total. The quantitative estimate of drug-likeness (QED) is 0.761. The van der Waals surface area contributed by atoms with Gasteiger partial charge in [0.15, 0.2) is 5.82 Å². The summed E-state index contributed by atoms with van der Waals surface area (Å²) >= 11 is 0. The molecule has 0 fully saturated rings. The maximum absolute atomic E-state index is 4.37. The highest BCUT2D eigenvalue weighted by atomic mass is 15.3. The van der Waals surface area contributed by atoms with Gasteiger partial charge in [-0.2, -0.15) is 15.0 Å². The Balaban J connectivity index is 2.13. The van der Waals surface area contributed by atoms with Gasteiger partial charge < -0.3 is 20.1 Å². The van der Waals surface area contributed by atoms with Crippen LogP contribution in [0.3, 0.4) is 0 Å². The van der Waals surface area contributed by atoms with E-state index in [0.29, 0.717) is 24.4 Å². The van der Waals surface area contributed by atoms with Crippen molar-refractivity contribution in [2.45, 2.75) is 19.9 Å². The largest absolute Gasteiger partial charge is 0.354 e. The first-order valence-corrected chi connectivity index (χ1v) is 6.84. The first-order chi connectivity index (χ1) is 10.1. The molecule has 114 valence electrons. The van der Waals surface area contributed by atoms with Gasteiger partial charge in [-0.3, -0.25) is 0 Å². The van der Waals surface area contributed by atoms with E-state index in [0.717, 1.165) is 18.8 Å². The molecular formula is C12H21N9. The highest BCUT2D eigenvalue weighted by Gasteiger charge is 2.09.